The summed E-state index contributed by atoms with van der Waals surface area (Å²) < 4.78 is 0. The first-order chi connectivity index (χ1) is 9.17. The van der Waals surface area contributed by atoms with E-state index in [9.17, 15) is 4.79 Å². The van der Waals surface area contributed by atoms with Gasteiger partial charge in [0.25, 0.3) is 0 Å². The third-order valence-corrected chi connectivity index (χ3v) is 3.94. The smallest absolute Gasteiger partial charge is 0.222 e. The summed E-state index contributed by atoms with van der Waals surface area (Å²) in [6, 6.07) is 0. The molecular formula is C14H27N3O2. The van der Waals surface area contributed by atoms with Crippen LogP contribution in [-0.2, 0) is 4.79 Å². The van der Waals surface area contributed by atoms with Crippen LogP contribution in [0.25, 0.3) is 0 Å². The number of hydrogen-bond acceptors (Lipinski definition) is 3. The normalized spacial score (nSPS) is 18.1. The maximum atomic E-state index is 12.2. The zero-order valence-corrected chi connectivity index (χ0v) is 12.0. The third-order valence-electron chi connectivity index (χ3n) is 3.94. The molecule has 0 spiro atoms. The Hall–Kier alpha value is -1.26. The van der Waals surface area contributed by atoms with E-state index in [2.05, 4.69) is 5.16 Å². The maximum absolute atomic E-state index is 12.2. The molecule has 0 saturated heterocycles. The van der Waals surface area contributed by atoms with Crippen molar-refractivity contribution in [2.24, 2.45) is 16.8 Å². The Morgan fingerprint density at radius 1 is 1.32 bits per heavy atom. The molecule has 1 amide bonds. The highest BCUT2D eigenvalue weighted by Gasteiger charge is 2.19. The maximum Gasteiger partial charge on any atom is 0.222 e. The Balaban J connectivity index is 2.39. The summed E-state index contributed by atoms with van der Waals surface area (Å²) in [5, 5.41) is 11.4. The SMILES string of the molecule is CCN(CCC(N)=NO)C(=O)CC1CCCCCC1. The second kappa shape index (κ2) is 8.77. The molecule has 0 aromatic carbocycles. The van der Waals surface area contributed by atoms with Crippen molar-refractivity contribution in [2.45, 2.75) is 58.3 Å². The Bertz CT molecular complexity index is 297. The van der Waals surface area contributed by atoms with Crippen LogP contribution < -0.4 is 5.73 Å². The fourth-order valence-electron chi connectivity index (χ4n) is 2.70. The Morgan fingerprint density at radius 2 is 1.95 bits per heavy atom. The minimum atomic E-state index is 0.181. The van der Waals surface area contributed by atoms with E-state index in [0.29, 0.717) is 31.8 Å². The zero-order chi connectivity index (χ0) is 14.1. The molecule has 1 fully saturated rings. The third kappa shape index (κ3) is 5.94. The molecule has 0 aliphatic heterocycles. The van der Waals surface area contributed by atoms with Crippen molar-refractivity contribution >= 4 is 11.7 Å². The molecule has 5 nitrogen and oxygen atoms in total. The molecule has 5 heteroatoms. The average molecular weight is 269 g/mol. The molecule has 0 heterocycles. The van der Waals surface area contributed by atoms with E-state index in [4.69, 9.17) is 10.9 Å². The number of nitrogens with two attached hydrogens (primary N) is 1. The number of oxime groups is 1. The van der Waals surface area contributed by atoms with Gasteiger partial charge in [-0.1, -0.05) is 30.8 Å². The Kier molecular flexibility index (Phi) is 7.30. The fraction of sp³-hybridized carbons (Fsp3) is 0.857. The molecule has 110 valence electrons. The summed E-state index contributed by atoms with van der Waals surface area (Å²) >= 11 is 0. The minimum Gasteiger partial charge on any atom is -0.409 e. The highest BCUT2D eigenvalue weighted by atomic mass is 16.4. The van der Waals surface area contributed by atoms with Crippen molar-refractivity contribution in [1.29, 1.82) is 0 Å². The van der Waals surface area contributed by atoms with Crippen molar-refractivity contribution in [1.82, 2.24) is 4.90 Å². The van der Waals surface area contributed by atoms with Gasteiger partial charge in [0.2, 0.25) is 5.91 Å². The van der Waals surface area contributed by atoms with Gasteiger partial charge in [0.15, 0.2) is 0 Å². The summed E-state index contributed by atoms with van der Waals surface area (Å²) in [7, 11) is 0. The van der Waals surface area contributed by atoms with Crippen molar-refractivity contribution in [3.63, 3.8) is 0 Å². The molecule has 0 bridgehead atoms. The van der Waals surface area contributed by atoms with E-state index in [1.807, 2.05) is 11.8 Å². The monoisotopic (exact) mass is 269 g/mol. The minimum absolute atomic E-state index is 0.181. The van der Waals surface area contributed by atoms with Gasteiger partial charge >= 0.3 is 0 Å². The lowest BCUT2D eigenvalue weighted by molar-refractivity contribution is -0.132. The first-order valence-corrected chi connectivity index (χ1v) is 7.41. The van der Waals surface area contributed by atoms with Crippen molar-refractivity contribution in [2.75, 3.05) is 13.1 Å². The van der Waals surface area contributed by atoms with Crippen LogP contribution in [0.15, 0.2) is 5.16 Å². The number of carbonyl (C=O) groups is 1. The Labute approximate surface area is 115 Å². The number of nitrogens with zero attached hydrogens (tertiary/aromatic N) is 2. The molecule has 0 aromatic heterocycles. The van der Waals surface area contributed by atoms with E-state index < -0.39 is 0 Å². The molecule has 3 N–H and O–H groups in total. The number of amides is 1. The number of amidine groups is 1. The van der Waals surface area contributed by atoms with E-state index in [1.54, 1.807) is 0 Å². The van der Waals surface area contributed by atoms with Gasteiger partial charge in [0.05, 0.1) is 0 Å². The Morgan fingerprint density at radius 3 is 2.47 bits per heavy atom. The lowest BCUT2D eigenvalue weighted by atomic mass is 9.96. The van der Waals surface area contributed by atoms with Crippen LogP contribution in [-0.4, -0.2) is 34.9 Å². The predicted molar refractivity (Wildman–Crippen MR) is 76.1 cm³/mol. The molecule has 1 aliphatic carbocycles. The molecule has 1 saturated carbocycles. The van der Waals surface area contributed by atoms with Gasteiger partial charge in [-0.3, -0.25) is 4.79 Å². The molecule has 0 aromatic rings. The fourth-order valence-corrected chi connectivity index (χ4v) is 2.70. The quantitative estimate of drug-likeness (QED) is 0.255. The number of hydrogen-bond donors (Lipinski definition) is 2. The number of carbonyl (C=O) groups excluding carboxylic acids is 1. The number of rotatable bonds is 6. The van der Waals surface area contributed by atoms with Crippen LogP contribution >= 0.6 is 0 Å². The standard InChI is InChI=1S/C14H27N3O2/c1-2-17(10-9-13(15)16-19)14(18)11-12-7-5-3-4-6-8-12/h12,19H,2-11H2,1H3,(H2,15,16). The van der Waals surface area contributed by atoms with Crippen LogP contribution in [0.4, 0.5) is 0 Å². The summed E-state index contributed by atoms with van der Waals surface area (Å²) in [5.74, 6) is 0.939. The van der Waals surface area contributed by atoms with E-state index in [0.717, 1.165) is 0 Å². The van der Waals surface area contributed by atoms with E-state index in [1.165, 1.54) is 38.5 Å². The van der Waals surface area contributed by atoms with Gasteiger partial charge in [0.1, 0.15) is 5.84 Å². The molecule has 0 unspecified atom stereocenters. The summed E-state index contributed by atoms with van der Waals surface area (Å²) in [6.45, 7) is 3.19. The van der Waals surface area contributed by atoms with Gasteiger partial charge in [0, 0.05) is 25.9 Å². The van der Waals surface area contributed by atoms with Crippen LogP contribution in [0.2, 0.25) is 0 Å². The largest absolute Gasteiger partial charge is 0.409 e. The highest BCUT2D eigenvalue weighted by molar-refractivity contribution is 5.81. The zero-order valence-electron chi connectivity index (χ0n) is 12.0. The van der Waals surface area contributed by atoms with Gasteiger partial charge in [-0.2, -0.15) is 0 Å². The van der Waals surface area contributed by atoms with Crippen LogP contribution in [0.5, 0.6) is 0 Å². The van der Waals surface area contributed by atoms with Gasteiger partial charge in [-0.25, -0.2) is 0 Å². The van der Waals surface area contributed by atoms with Crippen LogP contribution in [0.3, 0.4) is 0 Å². The van der Waals surface area contributed by atoms with Crippen molar-refractivity contribution < 1.29 is 10.0 Å². The van der Waals surface area contributed by atoms with Crippen LogP contribution in [0.1, 0.15) is 58.3 Å². The van der Waals surface area contributed by atoms with Gasteiger partial charge in [-0.15, -0.1) is 0 Å². The van der Waals surface area contributed by atoms with Gasteiger partial charge in [-0.05, 0) is 25.7 Å². The topological polar surface area (TPSA) is 78.9 Å². The second-order valence-corrected chi connectivity index (χ2v) is 5.38. The van der Waals surface area contributed by atoms with Crippen LogP contribution in [0, 0.1) is 5.92 Å². The first-order valence-electron chi connectivity index (χ1n) is 7.41. The average Bonchev–Trinajstić information content (AvgIpc) is 2.67. The van der Waals surface area contributed by atoms with Crippen molar-refractivity contribution in [3.8, 4) is 0 Å². The lowest BCUT2D eigenvalue weighted by Gasteiger charge is -2.23. The molecule has 19 heavy (non-hydrogen) atoms. The molecule has 1 rings (SSSR count). The summed E-state index contributed by atoms with van der Waals surface area (Å²) in [6.07, 6.45) is 8.59. The molecular weight excluding hydrogens is 242 g/mol. The van der Waals surface area contributed by atoms with E-state index in [-0.39, 0.29) is 11.7 Å². The highest BCUT2D eigenvalue weighted by Crippen LogP contribution is 2.25. The lowest BCUT2D eigenvalue weighted by Crippen LogP contribution is -2.35. The molecule has 0 radical (unpaired) electrons. The second-order valence-electron chi connectivity index (χ2n) is 5.38. The van der Waals surface area contributed by atoms with Gasteiger partial charge < -0.3 is 15.8 Å². The summed E-state index contributed by atoms with van der Waals surface area (Å²) in [4.78, 5) is 14.0. The van der Waals surface area contributed by atoms with E-state index >= 15 is 0 Å². The predicted octanol–water partition coefficient (Wildman–Crippen LogP) is 2.33. The molecule has 1 aliphatic rings. The summed E-state index contributed by atoms with van der Waals surface area (Å²) in [5.41, 5.74) is 5.44. The first kappa shape index (κ1) is 15.8. The van der Waals surface area contributed by atoms with Crippen molar-refractivity contribution in [3.05, 3.63) is 0 Å². The molecule has 0 atom stereocenters.